The Kier molecular flexibility index (Phi) is 6.59. The van der Waals surface area contributed by atoms with Crippen LogP contribution in [0.4, 0.5) is 5.13 Å². The second-order valence-corrected chi connectivity index (χ2v) is 10.8. The van der Waals surface area contributed by atoms with Gasteiger partial charge in [-0.1, -0.05) is 29.5 Å². The van der Waals surface area contributed by atoms with Gasteiger partial charge in [-0.2, -0.15) is 0 Å². The Balaban J connectivity index is 2.08. The second kappa shape index (κ2) is 8.83. The van der Waals surface area contributed by atoms with Gasteiger partial charge in [0.25, 0.3) is 5.91 Å². The summed E-state index contributed by atoms with van der Waals surface area (Å²) in [5.74, 6) is -0.344. The van der Waals surface area contributed by atoms with Crippen molar-refractivity contribution in [2.75, 3.05) is 38.3 Å². The highest BCUT2D eigenvalue weighted by Gasteiger charge is 2.26. The van der Waals surface area contributed by atoms with Gasteiger partial charge in [-0.05, 0) is 70.2 Å². The molecule has 3 rings (SSSR count). The van der Waals surface area contributed by atoms with E-state index in [9.17, 15) is 13.2 Å². The van der Waals surface area contributed by atoms with Crippen molar-refractivity contribution in [1.29, 1.82) is 0 Å². The molecule has 1 amide bonds. The molecule has 160 valence electrons. The molecule has 0 spiro atoms. The van der Waals surface area contributed by atoms with Gasteiger partial charge in [-0.15, -0.1) is 0 Å². The lowest BCUT2D eigenvalue weighted by molar-refractivity contribution is 0.0983. The van der Waals surface area contributed by atoms with E-state index in [2.05, 4.69) is 17.0 Å². The maximum atomic E-state index is 13.5. The molecule has 1 heterocycles. The molecular weight excluding hydrogens is 418 g/mol. The molecular formula is C22H27N3O3S2. The molecule has 2 aromatic carbocycles. The van der Waals surface area contributed by atoms with E-state index in [0.29, 0.717) is 11.7 Å². The number of aromatic nitrogens is 1. The molecule has 0 aliphatic rings. The Morgan fingerprint density at radius 2 is 1.80 bits per heavy atom. The normalized spacial score (nSPS) is 11.9. The van der Waals surface area contributed by atoms with E-state index in [-0.39, 0.29) is 16.4 Å². The molecule has 1 aromatic heterocycles. The number of hydrogen-bond donors (Lipinski definition) is 0. The van der Waals surface area contributed by atoms with Crippen molar-refractivity contribution in [3.63, 3.8) is 0 Å². The molecule has 30 heavy (non-hydrogen) atoms. The summed E-state index contributed by atoms with van der Waals surface area (Å²) < 4.78 is 25.5. The number of benzene rings is 2. The summed E-state index contributed by atoms with van der Waals surface area (Å²) in [4.78, 5) is 22.0. The van der Waals surface area contributed by atoms with Crippen molar-refractivity contribution in [1.82, 2.24) is 9.88 Å². The number of anilines is 1. The zero-order valence-electron chi connectivity index (χ0n) is 18.0. The molecule has 0 saturated carbocycles. The van der Waals surface area contributed by atoms with Crippen LogP contribution in [0.2, 0.25) is 0 Å². The van der Waals surface area contributed by atoms with E-state index < -0.39 is 9.84 Å². The van der Waals surface area contributed by atoms with Gasteiger partial charge in [-0.3, -0.25) is 9.69 Å². The molecule has 0 bridgehead atoms. The summed E-state index contributed by atoms with van der Waals surface area (Å²) in [6.07, 6.45) is 1.87. The number of hydrogen-bond acceptors (Lipinski definition) is 6. The van der Waals surface area contributed by atoms with E-state index in [1.807, 2.05) is 27.9 Å². The van der Waals surface area contributed by atoms with Gasteiger partial charge in [-0.25, -0.2) is 13.4 Å². The molecule has 0 unspecified atom stereocenters. The fourth-order valence-corrected chi connectivity index (χ4v) is 5.46. The Morgan fingerprint density at radius 1 is 1.10 bits per heavy atom. The average molecular weight is 446 g/mol. The average Bonchev–Trinajstić information content (AvgIpc) is 3.08. The third-order valence-corrected chi connectivity index (χ3v) is 6.98. The molecule has 0 radical (unpaired) electrons. The molecule has 0 fully saturated rings. The summed E-state index contributed by atoms with van der Waals surface area (Å²) in [7, 11) is 0.424. The number of carbonyl (C=O) groups is 1. The van der Waals surface area contributed by atoms with E-state index >= 15 is 0 Å². The fourth-order valence-electron chi connectivity index (χ4n) is 3.42. The first-order valence-electron chi connectivity index (χ1n) is 9.71. The Bertz CT molecular complexity index is 1180. The Labute approximate surface area is 182 Å². The number of carbonyl (C=O) groups excluding carboxylic acids is 1. The number of sulfone groups is 1. The van der Waals surface area contributed by atoms with Gasteiger partial charge < -0.3 is 4.90 Å². The molecule has 0 saturated heterocycles. The van der Waals surface area contributed by atoms with Gasteiger partial charge in [0.15, 0.2) is 15.0 Å². The van der Waals surface area contributed by atoms with E-state index in [1.165, 1.54) is 17.4 Å². The van der Waals surface area contributed by atoms with Crippen LogP contribution in [0.5, 0.6) is 0 Å². The molecule has 8 heteroatoms. The number of thiazole rings is 1. The van der Waals surface area contributed by atoms with Crippen LogP contribution in [0.1, 0.15) is 27.9 Å². The third kappa shape index (κ3) is 4.88. The first-order chi connectivity index (χ1) is 14.1. The number of fused-ring (bicyclic) bond motifs is 1. The minimum absolute atomic E-state index is 0.0424. The largest absolute Gasteiger partial charge is 0.309 e. The van der Waals surface area contributed by atoms with Gasteiger partial charge in [0.2, 0.25) is 0 Å². The van der Waals surface area contributed by atoms with Crippen molar-refractivity contribution >= 4 is 42.4 Å². The first-order valence-corrected chi connectivity index (χ1v) is 12.4. The lowest BCUT2D eigenvalue weighted by atomic mass is 10.1. The van der Waals surface area contributed by atoms with Crippen molar-refractivity contribution in [3.05, 3.63) is 53.1 Å². The molecule has 0 N–H and O–H groups in total. The Morgan fingerprint density at radius 3 is 2.47 bits per heavy atom. The fraction of sp³-hybridized carbons (Fsp3) is 0.364. The van der Waals surface area contributed by atoms with Crippen molar-refractivity contribution in [2.45, 2.75) is 25.2 Å². The highest BCUT2D eigenvalue weighted by molar-refractivity contribution is 7.90. The summed E-state index contributed by atoms with van der Waals surface area (Å²) in [6.45, 7) is 5.30. The molecule has 0 aliphatic carbocycles. The molecule has 0 atom stereocenters. The van der Waals surface area contributed by atoms with Gasteiger partial charge >= 0.3 is 0 Å². The second-order valence-electron chi connectivity index (χ2n) is 7.81. The SMILES string of the molecule is Cc1cc(C)c2nc(N(CCCN(C)C)C(=O)c3ccccc3S(C)(=O)=O)sc2c1. The molecule has 3 aromatic rings. The number of rotatable bonds is 7. The molecule has 0 aliphatic heterocycles. The highest BCUT2D eigenvalue weighted by atomic mass is 32.2. The zero-order chi connectivity index (χ0) is 22.1. The maximum Gasteiger partial charge on any atom is 0.261 e. The predicted octanol–water partition coefficient (Wildman–Crippen LogP) is 3.92. The quantitative estimate of drug-likeness (QED) is 0.551. The van der Waals surface area contributed by atoms with E-state index in [1.54, 1.807) is 23.1 Å². The summed E-state index contributed by atoms with van der Waals surface area (Å²) >= 11 is 1.46. The molecule has 6 nitrogen and oxygen atoms in total. The third-order valence-electron chi connectivity index (χ3n) is 4.80. The van der Waals surface area contributed by atoms with Gasteiger partial charge in [0, 0.05) is 12.8 Å². The van der Waals surface area contributed by atoms with Crippen LogP contribution in [-0.4, -0.2) is 57.6 Å². The van der Waals surface area contributed by atoms with Crippen LogP contribution in [0, 0.1) is 13.8 Å². The van der Waals surface area contributed by atoms with Crippen LogP contribution < -0.4 is 4.90 Å². The Hall–Kier alpha value is -2.29. The highest BCUT2D eigenvalue weighted by Crippen LogP contribution is 2.33. The van der Waals surface area contributed by atoms with E-state index in [4.69, 9.17) is 4.98 Å². The lowest BCUT2D eigenvalue weighted by Crippen LogP contribution is -2.34. The minimum Gasteiger partial charge on any atom is -0.309 e. The summed E-state index contributed by atoms with van der Waals surface area (Å²) in [6, 6.07) is 10.5. The van der Waals surface area contributed by atoms with Crippen LogP contribution in [-0.2, 0) is 9.84 Å². The maximum absolute atomic E-state index is 13.5. The van der Waals surface area contributed by atoms with Crippen LogP contribution in [0.15, 0.2) is 41.3 Å². The van der Waals surface area contributed by atoms with Gasteiger partial charge in [0.1, 0.15) is 0 Å². The topological polar surface area (TPSA) is 70.6 Å². The predicted molar refractivity (Wildman–Crippen MR) is 123 cm³/mol. The number of nitrogens with zero attached hydrogens (tertiary/aromatic N) is 3. The lowest BCUT2D eigenvalue weighted by Gasteiger charge is -2.22. The number of amides is 1. The van der Waals surface area contributed by atoms with Crippen molar-refractivity contribution in [2.24, 2.45) is 0 Å². The number of aryl methyl sites for hydroxylation is 2. The monoisotopic (exact) mass is 445 g/mol. The van der Waals surface area contributed by atoms with Gasteiger partial charge in [0.05, 0.1) is 20.7 Å². The standard InChI is InChI=1S/C22H27N3O3S2/c1-15-13-16(2)20-18(14-15)29-22(23-20)25(12-8-11-24(3)4)21(26)17-9-6-7-10-19(17)30(5,27)28/h6-7,9-10,13-14H,8,11-12H2,1-5H3. The van der Waals surface area contributed by atoms with Crippen LogP contribution in [0.3, 0.4) is 0 Å². The van der Waals surface area contributed by atoms with Crippen LogP contribution >= 0.6 is 11.3 Å². The summed E-state index contributed by atoms with van der Waals surface area (Å²) in [5.41, 5.74) is 3.26. The van der Waals surface area contributed by atoms with E-state index in [0.717, 1.165) is 40.6 Å². The zero-order valence-corrected chi connectivity index (χ0v) is 19.6. The summed E-state index contributed by atoms with van der Waals surface area (Å²) in [5, 5.41) is 0.589. The van der Waals surface area contributed by atoms with Crippen molar-refractivity contribution < 1.29 is 13.2 Å². The van der Waals surface area contributed by atoms with Crippen LogP contribution in [0.25, 0.3) is 10.2 Å². The van der Waals surface area contributed by atoms with Crippen molar-refractivity contribution in [3.8, 4) is 0 Å². The minimum atomic E-state index is -3.54. The first kappa shape index (κ1) is 22.4. The smallest absolute Gasteiger partial charge is 0.261 e.